The summed E-state index contributed by atoms with van der Waals surface area (Å²) in [7, 11) is 0. The number of hydrogen-bond donors (Lipinski definition) is 2. The molecule has 1 rings (SSSR count). The van der Waals surface area contributed by atoms with Crippen molar-refractivity contribution in [3.8, 4) is 11.8 Å². The van der Waals surface area contributed by atoms with Gasteiger partial charge in [-0.25, -0.2) is 0 Å². The van der Waals surface area contributed by atoms with E-state index >= 15 is 0 Å². The summed E-state index contributed by atoms with van der Waals surface area (Å²) < 4.78 is 36.7. The van der Waals surface area contributed by atoms with E-state index in [2.05, 4.69) is 5.92 Å². The maximum atomic E-state index is 12.2. The van der Waals surface area contributed by atoms with Crippen LogP contribution in [0.1, 0.15) is 11.1 Å². The lowest BCUT2D eigenvalue weighted by atomic mass is 10.1. The van der Waals surface area contributed by atoms with Crippen LogP contribution in [0.25, 0.3) is 0 Å². The average Bonchev–Trinajstić information content (AvgIpc) is 2.14. The molecule has 1 amide bonds. The quantitative estimate of drug-likeness (QED) is 0.516. The van der Waals surface area contributed by atoms with Crippen molar-refractivity contribution in [2.45, 2.75) is 6.18 Å². The van der Waals surface area contributed by atoms with Gasteiger partial charge >= 0.3 is 6.18 Å². The van der Waals surface area contributed by atoms with Crippen molar-refractivity contribution < 1.29 is 18.0 Å². The van der Waals surface area contributed by atoms with Gasteiger partial charge in [0.15, 0.2) is 0 Å². The second-order valence-electron chi connectivity index (χ2n) is 2.91. The van der Waals surface area contributed by atoms with Crippen LogP contribution in [0.3, 0.4) is 0 Å². The first-order valence-corrected chi connectivity index (χ1v) is 4.09. The van der Waals surface area contributed by atoms with Gasteiger partial charge in [0, 0.05) is 17.2 Å². The Morgan fingerprint density at radius 2 is 1.94 bits per heavy atom. The molecular weight excluding hydrogens is 221 g/mol. The predicted octanol–water partition coefficient (Wildman–Crippen LogP) is 1.12. The van der Waals surface area contributed by atoms with E-state index in [0.29, 0.717) is 0 Å². The Kier molecular flexibility index (Phi) is 3.09. The van der Waals surface area contributed by atoms with Crippen molar-refractivity contribution in [2.75, 3.05) is 5.73 Å². The molecule has 0 aromatic heterocycles. The highest BCUT2D eigenvalue weighted by Gasteiger charge is 2.30. The molecule has 0 aliphatic heterocycles. The Bertz CT molecular complexity index is 483. The summed E-state index contributed by atoms with van der Waals surface area (Å²) in [5.74, 6) is 3.39. The van der Waals surface area contributed by atoms with Crippen LogP contribution in [0.5, 0.6) is 0 Å². The third kappa shape index (κ3) is 2.92. The standard InChI is InChI=1S/C10H7F3N2O/c11-10(12,13)7-3-1-6(8(14)5-7)2-4-9(15)16/h1,3,5H,14H2,(H2,15,16). The van der Waals surface area contributed by atoms with E-state index in [1.165, 1.54) is 0 Å². The fraction of sp³-hybridized carbons (Fsp3) is 0.100. The number of primary amides is 1. The molecule has 1 aromatic carbocycles. The Balaban J connectivity index is 3.12. The minimum absolute atomic E-state index is 0.131. The first-order chi connectivity index (χ1) is 7.30. The minimum atomic E-state index is -4.45. The van der Waals surface area contributed by atoms with Gasteiger partial charge in [-0.3, -0.25) is 4.79 Å². The molecule has 0 aliphatic carbocycles. The molecule has 0 saturated carbocycles. The number of nitrogens with two attached hydrogens (primary N) is 2. The molecule has 0 radical (unpaired) electrons. The smallest absolute Gasteiger partial charge is 0.398 e. The van der Waals surface area contributed by atoms with Crippen LogP contribution in [0.15, 0.2) is 18.2 Å². The Morgan fingerprint density at radius 3 is 2.38 bits per heavy atom. The van der Waals surface area contributed by atoms with Crippen LogP contribution in [0.2, 0.25) is 0 Å². The topological polar surface area (TPSA) is 69.1 Å². The molecule has 6 heteroatoms. The summed E-state index contributed by atoms with van der Waals surface area (Å²) in [4.78, 5) is 10.3. The second-order valence-corrected chi connectivity index (χ2v) is 2.91. The highest BCUT2D eigenvalue weighted by atomic mass is 19.4. The summed E-state index contributed by atoms with van der Waals surface area (Å²) >= 11 is 0. The molecule has 84 valence electrons. The fourth-order valence-corrected chi connectivity index (χ4v) is 0.982. The van der Waals surface area contributed by atoms with Crippen LogP contribution in [-0.2, 0) is 11.0 Å². The van der Waals surface area contributed by atoms with Crippen LogP contribution < -0.4 is 11.5 Å². The molecule has 0 bridgehead atoms. The SMILES string of the molecule is NC(=O)C#Cc1ccc(C(F)(F)F)cc1N. The largest absolute Gasteiger partial charge is 0.416 e. The molecule has 0 spiro atoms. The molecule has 0 heterocycles. The van der Waals surface area contributed by atoms with Gasteiger partial charge in [0.1, 0.15) is 0 Å². The van der Waals surface area contributed by atoms with E-state index in [9.17, 15) is 18.0 Å². The average molecular weight is 228 g/mol. The maximum absolute atomic E-state index is 12.2. The lowest BCUT2D eigenvalue weighted by molar-refractivity contribution is -0.137. The number of anilines is 1. The number of nitrogen functional groups attached to an aromatic ring is 1. The molecule has 1 aromatic rings. The van der Waals surface area contributed by atoms with Crippen molar-refractivity contribution in [1.82, 2.24) is 0 Å². The Hall–Kier alpha value is -2.16. The van der Waals surface area contributed by atoms with Gasteiger partial charge in [-0.15, -0.1) is 0 Å². The molecule has 0 atom stereocenters. The highest BCUT2D eigenvalue weighted by Crippen LogP contribution is 2.31. The molecule has 0 unspecified atom stereocenters. The number of carbonyl (C=O) groups excluding carboxylic acids is 1. The van der Waals surface area contributed by atoms with Crippen LogP contribution >= 0.6 is 0 Å². The zero-order chi connectivity index (χ0) is 12.3. The van der Waals surface area contributed by atoms with Crippen LogP contribution in [0.4, 0.5) is 18.9 Å². The van der Waals surface area contributed by atoms with E-state index in [0.717, 1.165) is 18.2 Å². The van der Waals surface area contributed by atoms with Crippen molar-refractivity contribution in [1.29, 1.82) is 0 Å². The second kappa shape index (κ2) is 4.14. The number of amides is 1. The molecule has 16 heavy (non-hydrogen) atoms. The highest BCUT2D eigenvalue weighted by molar-refractivity contribution is 5.92. The van der Waals surface area contributed by atoms with Gasteiger partial charge in [-0.2, -0.15) is 13.2 Å². The zero-order valence-electron chi connectivity index (χ0n) is 7.93. The first kappa shape index (κ1) is 11.9. The van der Waals surface area contributed by atoms with E-state index in [1.54, 1.807) is 0 Å². The van der Waals surface area contributed by atoms with Crippen LogP contribution in [-0.4, -0.2) is 5.91 Å². The number of carbonyl (C=O) groups is 1. The number of benzene rings is 1. The maximum Gasteiger partial charge on any atom is 0.416 e. The zero-order valence-corrected chi connectivity index (χ0v) is 7.93. The lowest BCUT2D eigenvalue weighted by Crippen LogP contribution is -2.07. The van der Waals surface area contributed by atoms with Gasteiger partial charge < -0.3 is 11.5 Å². The summed E-state index contributed by atoms with van der Waals surface area (Å²) in [5, 5.41) is 0. The van der Waals surface area contributed by atoms with Gasteiger partial charge in [0.05, 0.1) is 5.56 Å². The lowest BCUT2D eigenvalue weighted by Gasteiger charge is -2.07. The van der Waals surface area contributed by atoms with Gasteiger partial charge in [0.25, 0.3) is 5.91 Å². The molecule has 0 saturated heterocycles. The number of hydrogen-bond acceptors (Lipinski definition) is 2. The normalized spacial score (nSPS) is 10.4. The number of halogens is 3. The van der Waals surface area contributed by atoms with Gasteiger partial charge in [-0.1, -0.05) is 5.92 Å². The van der Waals surface area contributed by atoms with Crippen molar-refractivity contribution in [3.63, 3.8) is 0 Å². The number of alkyl halides is 3. The summed E-state index contributed by atoms with van der Waals surface area (Å²) in [6, 6.07) is 2.68. The van der Waals surface area contributed by atoms with E-state index in [4.69, 9.17) is 11.5 Å². The van der Waals surface area contributed by atoms with Crippen molar-refractivity contribution >= 4 is 11.6 Å². The molecular formula is C10H7F3N2O. The molecule has 3 nitrogen and oxygen atoms in total. The third-order valence-corrected chi connectivity index (χ3v) is 1.70. The van der Waals surface area contributed by atoms with Gasteiger partial charge in [-0.05, 0) is 18.2 Å². The van der Waals surface area contributed by atoms with Crippen molar-refractivity contribution in [2.24, 2.45) is 5.73 Å². The van der Waals surface area contributed by atoms with E-state index in [1.807, 2.05) is 5.92 Å². The molecule has 4 N–H and O–H groups in total. The van der Waals surface area contributed by atoms with Crippen LogP contribution in [0, 0.1) is 11.8 Å². The fourth-order valence-electron chi connectivity index (χ4n) is 0.982. The summed E-state index contributed by atoms with van der Waals surface area (Å²) in [5.41, 5.74) is 9.22. The molecule has 0 fully saturated rings. The monoisotopic (exact) mass is 228 g/mol. The Labute approximate surface area is 89.2 Å². The minimum Gasteiger partial charge on any atom is -0.398 e. The summed E-state index contributed by atoms with van der Waals surface area (Å²) in [6.45, 7) is 0. The molecule has 0 aliphatic rings. The number of rotatable bonds is 0. The Morgan fingerprint density at radius 1 is 1.31 bits per heavy atom. The third-order valence-electron chi connectivity index (χ3n) is 1.70. The van der Waals surface area contributed by atoms with Crippen molar-refractivity contribution in [3.05, 3.63) is 29.3 Å². The van der Waals surface area contributed by atoms with E-state index < -0.39 is 17.6 Å². The summed E-state index contributed by atoms with van der Waals surface area (Å²) in [6.07, 6.45) is -4.45. The van der Waals surface area contributed by atoms with Gasteiger partial charge in [0.2, 0.25) is 0 Å². The first-order valence-electron chi connectivity index (χ1n) is 4.09. The predicted molar refractivity (Wildman–Crippen MR) is 51.9 cm³/mol. The van der Waals surface area contributed by atoms with E-state index in [-0.39, 0.29) is 11.3 Å².